The summed E-state index contributed by atoms with van der Waals surface area (Å²) >= 11 is 0. The second-order valence-electron chi connectivity index (χ2n) is 8.05. The lowest BCUT2D eigenvalue weighted by molar-refractivity contribution is -0.136. The lowest BCUT2D eigenvalue weighted by Gasteiger charge is -2.13. The van der Waals surface area contributed by atoms with Crippen molar-refractivity contribution >= 4 is 29.0 Å². The van der Waals surface area contributed by atoms with Crippen molar-refractivity contribution in [1.29, 1.82) is 0 Å². The average molecular weight is 517 g/mol. The molecule has 0 aliphatic rings. The predicted molar refractivity (Wildman–Crippen MR) is 135 cm³/mol. The van der Waals surface area contributed by atoms with Crippen LogP contribution in [0, 0.1) is 0 Å². The summed E-state index contributed by atoms with van der Waals surface area (Å²) in [7, 11) is 1.28. The Hall–Kier alpha value is -5.12. The SMILES string of the molecule is COC(=O)c1ccc(Oc2coc3cc(OC(=O)[C@@H](C)NC(=O)OCc4ccccc4)ccc3c2=O)cc1. The zero-order valence-electron chi connectivity index (χ0n) is 20.5. The van der Waals surface area contributed by atoms with Crippen LogP contribution < -0.4 is 20.2 Å². The maximum atomic E-state index is 12.9. The van der Waals surface area contributed by atoms with Gasteiger partial charge in [0, 0.05) is 6.07 Å². The quantitative estimate of drug-likeness (QED) is 0.263. The molecule has 3 aromatic carbocycles. The molecule has 1 heterocycles. The van der Waals surface area contributed by atoms with Crippen LogP contribution in [0.1, 0.15) is 22.8 Å². The topological polar surface area (TPSA) is 130 Å². The lowest BCUT2D eigenvalue weighted by atomic mass is 10.2. The monoisotopic (exact) mass is 517 g/mol. The van der Waals surface area contributed by atoms with Crippen molar-refractivity contribution in [2.75, 3.05) is 7.11 Å². The van der Waals surface area contributed by atoms with Gasteiger partial charge in [0.25, 0.3) is 0 Å². The van der Waals surface area contributed by atoms with Crippen molar-refractivity contribution in [3.63, 3.8) is 0 Å². The third kappa shape index (κ3) is 6.35. The number of esters is 2. The smallest absolute Gasteiger partial charge is 0.408 e. The molecule has 1 atom stereocenters. The van der Waals surface area contributed by atoms with E-state index in [4.69, 9.17) is 18.6 Å². The molecule has 0 spiro atoms. The molecule has 0 saturated carbocycles. The van der Waals surface area contributed by atoms with E-state index in [0.717, 1.165) is 11.8 Å². The molecule has 10 heteroatoms. The first-order valence-electron chi connectivity index (χ1n) is 11.4. The van der Waals surface area contributed by atoms with E-state index in [9.17, 15) is 19.2 Å². The number of fused-ring (bicyclic) bond motifs is 1. The van der Waals surface area contributed by atoms with Crippen LogP contribution in [0.5, 0.6) is 17.2 Å². The molecule has 0 bridgehead atoms. The highest BCUT2D eigenvalue weighted by Gasteiger charge is 2.19. The van der Waals surface area contributed by atoms with E-state index in [-0.39, 0.29) is 29.1 Å². The van der Waals surface area contributed by atoms with E-state index in [2.05, 4.69) is 10.1 Å². The molecule has 38 heavy (non-hydrogen) atoms. The fourth-order valence-corrected chi connectivity index (χ4v) is 3.33. The summed E-state index contributed by atoms with van der Waals surface area (Å²) in [5.41, 5.74) is 0.857. The molecule has 4 aromatic rings. The maximum Gasteiger partial charge on any atom is 0.408 e. The zero-order chi connectivity index (χ0) is 27.1. The van der Waals surface area contributed by atoms with Gasteiger partial charge < -0.3 is 28.7 Å². The first-order valence-corrected chi connectivity index (χ1v) is 11.4. The van der Waals surface area contributed by atoms with Gasteiger partial charge in [-0.15, -0.1) is 0 Å². The maximum absolute atomic E-state index is 12.9. The Morgan fingerprint density at radius 3 is 2.37 bits per heavy atom. The Morgan fingerprint density at radius 2 is 1.66 bits per heavy atom. The van der Waals surface area contributed by atoms with Crippen molar-refractivity contribution < 1.29 is 37.7 Å². The van der Waals surface area contributed by atoms with Crippen LogP contribution in [0.4, 0.5) is 4.79 Å². The standard InChI is InChI=1S/C28H23NO9/c1-17(29-28(33)36-15-18-6-4-3-5-7-18)26(31)38-21-12-13-22-23(14-21)35-16-24(25(22)30)37-20-10-8-19(9-11-20)27(32)34-2/h3-14,16-17H,15H2,1-2H3,(H,29,33)/t17-/m1/s1. The summed E-state index contributed by atoms with van der Waals surface area (Å²) in [6.45, 7) is 1.51. The summed E-state index contributed by atoms with van der Waals surface area (Å²) in [4.78, 5) is 48.8. The van der Waals surface area contributed by atoms with Gasteiger partial charge >= 0.3 is 18.0 Å². The van der Waals surface area contributed by atoms with Crippen molar-refractivity contribution in [3.05, 3.63) is 100 Å². The van der Waals surface area contributed by atoms with Gasteiger partial charge in [0.15, 0.2) is 0 Å². The summed E-state index contributed by atoms with van der Waals surface area (Å²) in [6.07, 6.45) is 0.368. The Bertz CT molecular complexity index is 1510. The number of rotatable bonds is 8. The molecule has 1 amide bonds. The van der Waals surface area contributed by atoms with Gasteiger partial charge in [0.05, 0.1) is 18.1 Å². The molecule has 0 aliphatic carbocycles. The minimum Gasteiger partial charge on any atom is -0.465 e. The number of benzene rings is 3. The number of hydrogen-bond donors (Lipinski definition) is 1. The minimum atomic E-state index is -0.998. The second kappa shape index (κ2) is 11.7. The Morgan fingerprint density at radius 1 is 0.947 bits per heavy atom. The van der Waals surface area contributed by atoms with Gasteiger partial charge in [-0.1, -0.05) is 30.3 Å². The first kappa shape index (κ1) is 26.0. The van der Waals surface area contributed by atoms with E-state index in [1.165, 1.54) is 56.5 Å². The zero-order valence-corrected chi connectivity index (χ0v) is 20.5. The normalized spacial score (nSPS) is 11.3. The van der Waals surface area contributed by atoms with Crippen LogP contribution in [0.15, 0.2) is 88.3 Å². The Balaban J connectivity index is 1.37. The summed E-state index contributed by atoms with van der Waals surface area (Å²) in [6, 6.07) is 18.4. The van der Waals surface area contributed by atoms with Crippen molar-refractivity contribution in [2.24, 2.45) is 0 Å². The molecule has 1 N–H and O–H groups in total. The van der Waals surface area contributed by atoms with Crippen LogP contribution in [-0.2, 0) is 20.9 Å². The van der Waals surface area contributed by atoms with Crippen LogP contribution in [-0.4, -0.2) is 31.2 Å². The molecule has 0 radical (unpaired) electrons. The van der Waals surface area contributed by atoms with Crippen LogP contribution in [0.25, 0.3) is 11.0 Å². The number of carbonyl (C=O) groups is 3. The molecule has 0 fully saturated rings. The van der Waals surface area contributed by atoms with Crippen molar-refractivity contribution in [1.82, 2.24) is 5.32 Å². The largest absolute Gasteiger partial charge is 0.465 e. The highest BCUT2D eigenvalue weighted by molar-refractivity contribution is 5.89. The van der Waals surface area contributed by atoms with Crippen molar-refractivity contribution in [2.45, 2.75) is 19.6 Å². The minimum absolute atomic E-state index is 0.0582. The summed E-state index contributed by atoms with van der Waals surface area (Å²) in [5.74, 6) is -0.868. The third-order valence-electron chi connectivity index (χ3n) is 5.34. The molecule has 1 aromatic heterocycles. The van der Waals surface area contributed by atoms with E-state index in [1.54, 1.807) is 0 Å². The third-order valence-corrected chi connectivity index (χ3v) is 5.34. The van der Waals surface area contributed by atoms with Crippen LogP contribution >= 0.6 is 0 Å². The lowest BCUT2D eigenvalue weighted by Crippen LogP contribution is -2.41. The Kier molecular flexibility index (Phi) is 8.02. The van der Waals surface area contributed by atoms with Crippen LogP contribution in [0.3, 0.4) is 0 Å². The van der Waals surface area contributed by atoms with E-state index in [1.807, 2.05) is 30.3 Å². The van der Waals surface area contributed by atoms with E-state index in [0.29, 0.717) is 11.3 Å². The van der Waals surface area contributed by atoms with Gasteiger partial charge in [-0.05, 0) is 48.9 Å². The fourth-order valence-electron chi connectivity index (χ4n) is 3.33. The average Bonchev–Trinajstić information content (AvgIpc) is 2.94. The first-order chi connectivity index (χ1) is 18.3. The molecule has 0 unspecified atom stereocenters. The number of methoxy groups -OCH3 is 1. The Labute approximate surface area is 216 Å². The molecule has 4 rings (SSSR count). The number of ether oxygens (including phenoxy) is 4. The summed E-state index contributed by atoms with van der Waals surface area (Å²) < 4.78 is 26.2. The van der Waals surface area contributed by atoms with Gasteiger partial charge in [-0.2, -0.15) is 0 Å². The molecule has 0 saturated heterocycles. The van der Waals surface area contributed by atoms with Gasteiger partial charge in [0.1, 0.15) is 36.0 Å². The molecule has 194 valence electrons. The molecule has 0 aliphatic heterocycles. The highest BCUT2D eigenvalue weighted by atomic mass is 16.6. The summed E-state index contributed by atoms with van der Waals surface area (Å²) in [5, 5.41) is 2.61. The fraction of sp³-hybridized carbons (Fsp3) is 0.143. The van der Waals surface area contributed by atoms with E-state index < -0.39 is 29.5 Å². The van der Waals surface area contributed by atoms with Gasteiger partial charge in [-0.25, -0.2) is 14.4 Å². The van der Waals surface area contributed by atoms with Gasteiger partial charge in [0.2, 0.25) is 11.2 Å². The highest BCUT2D eigenvalue weighted by Crippen LogP contribution is 2.24. The number of hydrogen-bond acceptors (Lipinski definition) is 9. The predicted octanol–water partition coefficient (Wildman–Crippen LogP) is 4.59. The van der Waals surface area contributed by atoms with Gasteiger partial charge in [-0.3, -0.25) is 4.79 Å². The molecular weight excluding hydrogens is 494 g/mol. The number of alkyl carbamates (subject to hydrolysis) is 1. The number of nitrogens with one attached hydrogen (secondary N) is 1. The molecule has 10 nitrogen and oxygen atoms in total. The number of amides is 1. The number of carbonyl (C=O) groups excluding carboxylic acids is 3. The second-order valence-corrected chi connectivity index (χ2v) is 8.05. The molecular formula is C28H23NO9. The van der Waals surface area contributed by atoms with Crippen LogP contribution in [0.2, 0.25) is 0 Å². The van der Waals surface area contributed by atoms with Crippen molar-refractivity contribution in [3.8, 4) is 17.2 Å². The van der Waals surface area contributed by atoms with E-state index >= 15 is 0 Å².